The Labute approximate surface area is 68.4 Å². The Kier molecular flexibility index (Phi) is 4.98. The molecule has 0 bridgehead atoms. The first kappa shape index (κ1) is 10.9. The topological polar surface area (TPSA) is 104 Å². The maximum Gasteiger partial charge on any atom is 0.345 e. The summed E-state index contributed by atoms with van der Waals surface area (Å²) in [4.78, 5) is 20.7. The van der Waals surface area contributed by atoms with Crippen LogP contribution in [0.2, 0.25) is 0 Å². The predicted molar refractivity (Wildman–Crippen MR) is 36.3 cm³/mol. The molecule has 0 aliphatic heterocycles. The third-order valence-corrected chi connectivity index (χ3v) is 1.07. The number of hydrogen-bond donors (Lipinski definition) is 3. The molecule has 0 heterocycles. The summed E-state index contributed by atoms with van der Waals surface area (Å²) in [6.45, 7) is -1.26. The molecule has 0 radical (unpaired) electrons. The van der Waals surface area contributed by atoms with Crippen molar-refractivity contribution in [1.29, 1.82) is 0 Å². The fourth-order valence-corrected chi connectivity index (χ4v) is 0.546. The van der Waals surface area contributed by atoms with Crippen LogP contribution in [0.25, 0.3) is 0 Å². The van der Waals surface area contributed by atoms with Crippen LogP contribution in [0.15, 0.2) is 0 Å². The van der Waals surface area contributed by atoms with Gasteiger partial charge in [-0.3, -0.25) is 0 Å². The Bertz CT molecular complexity index is 163. The zero-order valence-electron chi connectivity index (χ0n) is 6.27. The number of carbonyl (C=O) groups excluding carboxylic acids is 1. The third-order valence-electron chi connectivity index (χ3n) is 1.07. The minimum absolute atomic E-state index is 0.179. The van der Waals surface area contributed by atoms with Crippen LogP contribution in [0, 0.1) is 0 Å². The number of hydrogen-bond acceptors (Lipinski definition) is 5. The van der Waals surface area contributed by atoms with Gasteiger partial charge < -0.3 is 20.1 Å². The van der Waals surface area contributed by atoms with E-state index in [0.29, 0.717) is 0 Å². The normalized spacial score (nSPS) is 12.2. The standard InChI is InChI=1S/C6H10O6/c7-2-1-4(6(10)11)12-5(9)3-8/h4,7-8H,1-3H2,(H,10,11). The maximum absolute atomic E-state index is 10.4. The zero-order valence-corrected chi connectivity index (χ0v) is 6.27. The largest absolute Gasteiger partial charge is 0.479 e. The minimum atomic E-state index is -1.38. The van der Waals surface area contributed by atoms with Crippen molar-refractivity contribution in [2.45, 2.75) is 12.5 Å². The van der Waals surface area contributed by atoms with E-state index in [1.165, 1.54) is 0 Å². The summed E-state index contributed by atoms with van der Waals surface area (Å²) in [5, 5.41) is 24.9. The van der Waals surface area contributed by atoms with Crippen LogP contribution < -0.4 is 0 Å². The molecule has 0 amide bonds. The molecule has 1 unspecified atom stereocenters. The fourth-order valence-electron chi connectivity index (χ4n) is 0.546. The fraction of sp³-hybridized carbons (Fsp3) is 0.667. The van der Waals surface area contributed by atoms with E-state index >= 15 is 0 Å². The molecular weight excluding hydrogens is 168 g/mol. The number of carboxylic acid groups (broad SMARTS) is 1. The molecule has 0 saturated carbocycles. The minimum Gasteiger partial charge on any atom is -0.479 e. The maximum atomic E-state index is 10.4. The lowest BCUT2D eigenvalue weighted by molar-refractivity contribution is -0.166. The van der Waals surface area contributed by atoms with E-state index < -0.39 is 31.3 Å². The summed E-state index contributed by atoms with van der Waals surface area (Å²) < 4.78 is 4.25. The van der Waals surface area contributed by atoms with Crippen molar-refractivity contribution >= 4 is 11.9 Å². The van der Waals surface area contributed by atoms with Crippen LogP contribution in [-0.4, -0.2) is 46.6 Å². The summed E-state index contributed by atoms with van der Waals surface area (Å²) in [5.41, 5.74) is 0. The lowest BCUT2D eigenvalue weighted by Crippen LogP contribution is -2.29. The van der Waals surface area contributed by atoms with Gasteiger partial charge >= 0.3 is 11.9 Å². The van der Waals surface area contributed by atoms with Gasteiger partial charge in [0.1, 0.15) is 6.61 Å². The van der Waals surface area contributed by atoms with Crippen LogP contribution in [0.1, 0.15) is 6.42 Å². The molecule has 0 fully saturated rings. The highest BCUT2D eigenvalue weighted by Gasteiger charge is 2.20. The summed E-state index contributed by atoms with van der Waals surface area (Å²) in [6.07, 6.45) is -1.56. The molecule has 0 spiro atoms. The predicted octanol–water partition coefficient (Wildman–Crippen LogP) is -1.64. The average Bonchev–Trinajstić information content (AvgIpc) is 2.03. The van der Waals surface area contributed by atoms with Crippen molar-refractivity contribution in [1.82, 2.24) is 0 Å². The molecule has 0 aromatic rings. The van der Waals surface area contributed by atoms with E-state index in [4.69, 9.17) is 15.3 Å². The molecule has 70 valence electrons. The van der Waals surface area contributed by atoms with Gasteiger partial charge in [0.2, 0.25) is 6.10 Å². The van der Waals surface area contributed by atoms with Crippen LogP contribution in [0.3, 0.4) is 0 Å². The summed E-state index contributed by atoms with van der Waals surface area (Å²) in [5.74, 6) is -2.36. The van der Waals surface area contributed by atoms with Gasteiger partial charge in [-0.2, -0.15) is 0 Å². The number of rotatable bonds is 5. The molecular formula is C6H10O6. The summed E-state index contributed by atoms with van der Waals surface area (Å²) in [7, 11) is 0. The smallest absolute Gasteiger partial charge is 0.345 e. The first-order valence-electron chi connectivity index (χ1n) is 3.25. The van der Waals surface area contributed by atoms with Gasteiger partial charge in [0, 0.05) is 13.0 Å². The van der Waals surface area contributed by atoms with Gasteiger partial charge in [-0.15, -0.1) is 0 Å². The SMILES string of the molecule is O=C(CO)OC(CCO)C(=O)O. The van der Waals surface area contributed by atoms with Crippen molar-refractivity contribution in [2.24, 2.45) is 0 Å². The zero-order chi connectivity index (χ0) is 9.56. The molecule has 12 heavy (non-hydrogen) atoms. The van der Waals surface area contributed by atoms with Gasteiger partial charge in [-0.05, 0) is 0 Å². The average molecular weight is 178 g/mol. The summed E-state index contributed by atoms with van der Waals surface area (Å²) >= 11 is 0. The van der Waals surface area contributed by atoms with Gasteiger partial charge in [-0.25, -0.2) is 9.59 Å². The second kappa shape index (κ2) is 5.50. The van der Waals surface area contributed by atoms with Crippen molar-refractivity contribution in [3.05, 3.63) is 0 Å². The number of ether oxygens (including phenoxy) is 1. The van der Waals surface area contributed by atoms with Crippen LogP contribution >= 0.6 is 0 Å². The highest BCUT2D eigenvalue weighted by atomic mass is 16.6. The van der Waals surface area contributed by atoms with Crippen molar-refractivity contribution in [3.8, 4) is 0 Å². The first-order valence-corrected chi connectivity index (χ1v) is 3.25. The molecule has 6 nitrogen and oxygen atoms in total. The van der Waals surface area contributed by atoms with Crippen molar-refractivity contribution < 1.29 is 29.6 Å². The molecule has 0 rings (SSSR count). The second-order valence-electron chi connectivity index (χ2n) is 1.99. The molecule has 0 aliphatic rings. The summed E-state index contributed by atoms with van der Waals surface area (Å²) in [6, 6.07) is 0. The number of aliphatic carboxylic acids is 1. The number of carbonyl (C=O) groups is 2. The molecule has 0 aliphatic carbocycles. The van der Waals surface area contributed by atoms with Gasteiger partial charge in [-0.1, -0.05) is 0 Å². The Morgan fingerprint density at radius 2 is 1.92 bits per heavy atom. The third kappa shape index (κ3) is 3.89. The second-order valence-corrected chi connectivity index (χ2v) is 1.99. The van der Waals surface area contributed by atoms with Crippen LogP contribution in [0.5, 0.6) is 0 Å². The van der Waals surface area contributed by atoms with E-state index in [0.717, 1.165) is 0 Å². The van der Waals surface area contributed by atoms with Gasteiger partial charge in [0.05, 0.1) is 0 Å². The molecule has 0 aromatic carbocycles. The molecule has 0 saturated heterocycles. The van der Waals surface area contributed by atoms with Crippen LogP contribution in [0.4, 0.5) is 0 Å². The van der Waals surface area contributed by atoms with Crippen molar-refractivity contribution in [3.63, 3.8) is 0 Å². The quantitative estimate of drug-likeness (QED) is 0.436. The lowest BCUT2D eigenvalue weighted by Gasteiger charge is -2.10. The first-order chi connectivity index (χ1) is 5.61. The monoisotopic (exact) mass is 178 g/mol. The highest BCUT2D eigenvalue weighted by molar-refractivity contribution is 5.78. The molecule has 0 aromatic heterocycles. The van der Waals surface area contributed by atoms with E-state index in [2.05, 4.69) is 4.74 Å². The molecule has 1 atom stereocenters. The molecule has 3 N–H and O–H groups in total. The van der Waals surface area contributed by atoms with Gasteiger partial charge in [0.15, 0.2) is 0 Å². The Balaban J connectivity index is 3.95. The van der Waals surface area contributed by atoms with E-state index in [1.54, 1.807) is 0 Å². The number of aliphatic hydroxyl groups is 2. The Morgan fingerprint density at radius 3 is 2.25 bits per heavy atom. The number of aliphatic hydroxyl groups excluding tert-OH is 2. The van der Waals surface area contributed by atoms with Crippen molar-refractivity contribution in [2.75, 3.05) is 13.2 Å². The number of esters is 1. The molecule has 6 heteroatoms. The van der Waals surface area contributed by atoms with Crippen LogP contribution in [-0.2, 0) is 14.3 Å². The highest BCUT2D eigenvalue weighted by Crippen LogP contribution is 1.98. The lowest BCUT2D eigenvalue weighted by atomic mass is 10.3. The number of carboxylic acids is 1. The van der Waals surface area contributed by atoms with E-state index in [9.17, 15) is 9.59 Å². The van der Waals surface area contributed by atoms with E-state index in [1.807, 2.05) is 0 Å². The Morgan fingerprint density at radius 1 is 1.33 bits per heavy atom. The van der Waals surface area contributed by atoms with Gasteiger partial charge in [0.25, 0.3) is 0 Å². The van der Waals surface area contributed by atoms with E-state index in [-0.39, 0.29) is 6.42 Å². The Hall–Kier alpha value is -1.14.